The maximum absolute atomic E-state index is 11.8. The Bertz CT molecular complexity index is 592. The minimum absolute atomic E-state index is 0. The zero-order valence-corrected chi connectivity index (χ0v) is 14.8. The van der Waals surface area contributed by atoms with Gasteiger partial charge in [0.1, 0.15) is 5.65 Å². The Kier molecular flexibility index (Phi) is 7.78. The second-order valence-corrected chi connectivity index (χ2v) is 5.39. The number of rotatable bonds is 4. The number of piperazine rings is 1. The largest absolute Gasteiger partial charge is 0.339 e. The van der Waals surface area contributed by atoms with E-state index in [1.165, 1.54) is 0 Å². The molecule has 0 unspecified atom stereocenters. The van der Waals surface area contributed by atoms with Crippen LogP contribution in [0.25, 0.3) is 5.65 Å². The van der Waals surface area contributed by atoms with Gasteiger partial charge in [-0.1, -0.05) is 6.07 Å². The van der Waals surface area contributed by atoms with E-state index in [0.717, 1.165) is 44.1 Å². The smallest absolute Gasteiger partial charge is 0.236 e. The van der Waals surface area contributed by atoms with Gasteiger partial charge >= 0.3 is 0 Å². The summed E-state index contributed by atoms with van der Waals surface area (Å²) in [5.74, 6) is 0.185. The summed E-state index contributed by atoms with van der Waals surface area (Å²) >= 11 is 0. The quantitative estimate of drug-likeness (QED) is 0.886. The van der Waals surface area contributed by atoms with E-state index >= 15 is 0 Å². The number of hydrogen-bond acceptors (Lipinski definition) is 4. The van der Waals surface area contributed by atoms with Crippen molar-refractivity contribution in [2.45, 2.75) is 6.54 Å². The minimum atomic E-state index is 0. The lowest BCUT2D eigenvalue weighted by Gasteiger charge is -2.34. The molecule has 3 rings (SSSR count). The molecule has 128 valence electrons. The molecule has 2 aromatic rings. The SMILES string of the molecule is CNCC(=O)N1CCN(Cc2cn3ccccc3n2)CC1.Cl.Cl. The van der Waals surface area contributed by atoms with E-state index in [2.05, 4.69) is 21.4 Å². The van der Waals surface area contributed by atoms with Gasteiger partial charge in [-0.15, -0.1) is 24.8 Å². The Morgan fingerprint density at radius 3 is 2.61 bits per heavy atom. The number of carbonyl (C=O) groups excluding carboxylic acids is 1. The van der Waals surface area contributed by atoms with Crippen LogP contribution in [0.5, 0.6) is 0 Å². The van der Waals surface area contributed by atoms with E-state index < -0.39 is 0 Å². The van der Waals surface area contributed by atoms with Gasteiger partial charge in [-0.3, -0.25) is 9.69 Å². The number of hydrogen-bond donors (Lipinski definition) is 1. The molecule has 1 saturated heterocycles. The fourth-order valence-corrected chi connectivity index (χ4v) is 2.71. The summed E-state index contributed by atoms with van der Waals surface area (Å²) in [7, 11) is 1.80. The van der Waals surface area contributed by atoms with Crippen LogP contribution in [0.3, 0.4) is 0 Å². The zero-order chi connectivity index (χ0) is 14.7. The molecule has 6 nitrogen and oxygen atoms in total. The number of amides is 1. The fraction of sp³-hybridized carbons (Fsp3) is 0.467. The van der Waals surface area contributed by atoms with Crippen LogP contribution in [0.1, 0.15) is 5.69 Å². The molecule has 1 fully saturated rings. The molecule has 0 aliphatic carbocycles. The number of nitrogens with one attached hydrogen (secondary N) is 1. The third-order valence-electron chi connectivity index (χ3n) is 3.85. The fourth-order valence-electron chi connectivity index (χ4n) is 2.71. The molecule has 1 N–H and O–H groups in total. The lowest BCUT2D eigenvalue weighted by atomic mass is 10.3. The molecule has 0 spiro atoms. The highest BCUT2D eigenvalue weighted by Crippen LogP contribution is 2.10. The summed E-state index contributed by atoms with van der Waals surface area (Å²) in [6.07, 6.45) is 4.09. The number of pyridine rings is 1. The standard InChI is InChI=1S/C15H21N5O.2ClH/c1-16-10-15(21)19-8-6-18(7-9-19)11-13-12-20-5-3-2-4-14(20)17-13;;/h2-5,12,16H,6-11H2,1H3;2*1H. The van der Waals surface area contributed by atoms with E-state index in [9.17, 15) is 4.79 Å². The average Bonchev–Trinajstić information content (AvgIpc) is 2.90. The van der Waals surface area contributed by atoms with Crippen LogP contribution >= 0.6 is 24.8 Å². The number of carbonyl (C=O) groups is 1. The van der Waals surface area contributed by atoms with Crippen LogP contribution in [-0.2, 0) is 11.3 Å². The molecule has 3 heterocycles. The number of imidazole rings is 1. The van der Waals surface area contributed by atoms with E-state index in [0.29, 0.717) is 6.54 Å². The third kappa shape index (κ3) is 4.81. The Labute approximate surface area is 148 Å². The van der Waals surface area contributed by atoms with Crippen LogP contribution in [0.2, 0.25) is 0 Å². The molecule has 0 atom stereocenters. The number of fused-ring (bicyclic) bond motifs is 1. The van der Waals surface area contributed by atoms with Crippen molar-refractivity contribution in [2.75, 3.05) is 39.8 Å². The Hall–Kier alpha value is -1.34. The summed E-state index contributed by atoms with van der Waals surface area (Å²) in [5.41, 5.74) is 2.06. The second-order valence-electron chi connectivity index (χ2n) is 5.39. The average molecular weight is 360 g/mol. The summed E-state index contributed by atoms with van der Waals surface area (Å²) in [6, 6.07) is 6.01. The summed E-state index contributed by atoms with van der Waals surface area (Å²) in [6.45, 7) is 4.68. The topological polar surface area (TPSA) is 52.9 Å². The van der Waals surface area contributed by atoms with Gasteiger partial charge in [0.15, 0.2) is 0 Å². The molecule has 0 aromatic carbocycles. The van der Waals surface area contributed by atoms with Crippen molar-refractivity contribution in [3.63, 3.8) is 0 Å². The Morgan fingerprint density at radius 2 is 1.96 bits per heavy atom. The lowest BCUT2D eigenvalue weighted by Crippen LogP contribution is -2.50. The molecule has 2 aromatic heterocycles. The van der Waals surface area contributed by atoms with Gasteiger partial charge in [0.05, 0.1) is 12.2 Å². The number of nitrogens with zero attached hydrogens (tertiary/aromatic N) is 4. The molecule has 0 radical (unpaired) electrons. The summed E-state index contributed by atoms with van der Waals surface area (Å²) in [4.78, 5) is 20.7. The predicted molar refractivity (Wildman–Crippen MR) is 95.5 cm³/mol. The van der Waals surface area contributed by atoms with Gasteiger partial charge in [-0.2, -0.15) is 0 Å². The van der Waals surface area contributed by atoms with Crippen molar-refractivity contribution in [1.29, 1.82) is 0 Å². The van der Waals surface area contributed by atoms with Crippen molar-refractivity contribution in [3.05, 3.63) is 36.3 Å². The van der Waals surface area contributed by atoms with Crippen molar-refractivity contribution in [2.24, 2.45) is 0 Å². The highest BCUT2D eigenvalue weighted by atomic mass is 35.5. The Morgan fingerprint density at radius 1 is 1.22 bits per heavy atom. The molecule has 0 saturated carbocycles. The van der Waals surface area contributed by atoms with Crippen LogP contribution in [0, 0.1) is 0 Å². The van der Waals surface area contributed by atoms with Gasteiger partial charge < -0.3 is 14.6 Å². The first kappa shape index (κ1) is 19.7. The summed E-state index contributed by atoms with van der Waals surface area (Å²) in [5, 5.41) is 2.91. The summed E-state index contributed by atoms with van der Waals surface area (Å²) < 4.78 is 2.04. The number of likely N-dealkylation sites (N-methyl/N-ethyl adjacent to an activating group) is 1. The van der Waals surface area contributed by atoms with Gasteiger partial charge in [-0.25, -0.2) is 4.98 Å². The van der Waals surface area contributed by atoms with Crippen molar-refractivity contribution in [3.8, 4) is 0 Å². The molecular weight excluding hydrogens is 337 g/mol. The zero-order valence-electron chi connectivity index (χ0n) is 13.1. The maximum atomic E-state index is 11.8. The molecule has 1 aliphatic rings. The van der Waals surface area contributed by atoms with E-state index in [1.54, 1.807) is 7.05 Å². The van der Waals surface area contributed by atoms with Crippen LogP contribution in [0.4, 0.5) is 0 Å². The molecule has 23 heavy (non-hydrogen) atoms. The lowest BCUT2D eigenvalue weighted by molar-refractivity contribution is -0.131. The Balaban J connectivity index is 0.00000132. The predicted octanol–water partition coefficient (Wildman–Crippen LogP) is 1.04. The van der Waals surface area contributed by atoms with E-state index in [4.69, 9.17) is 0 Å². The first-order valence-corrected chi connectivity index (χ1v) is 7.33. The molecule has 1 amide bonds. The first-order chi connectivity index (χ1) is 10.3. The second kappa shape index (κ2) is 9.08. The van der Waals surface area contributed by atoms with E-state index in [-0.39, 0.29) is 30.7 Å². The number of halogens is 2. The van der Waals surface area contributed by atoms with Crippen LogP contribution in [0.15, 0.2) is 30.6 Å². The van der Waals surface area contributed by atoms with Crippen molar-refractivity contribution < 1.29 is 4.79 Å². The normalized spacial score (nSPS) is 15.1. The van der Waals surface area contributed by atoms with Crippen molar-refractivity contribution >= 4 is 36.4 Å². The molecule has 8 heteroatoms. The molecule has 0 bridgehead atoms. The molecule has 1 aliphatic heterocycles. The van der Waals surface area contributed by atoms with Gasteiger partial charge in [0.25, 0.3) is 0 Å². The van der Waals surface area contributed by atoms with Crippen molar-refractivity contribution in [1.82, 2.24) is 24.5 Å². The van der Waals surface area contributed by atoms with Gasteiger partial charge in [0, 0.05) is 45.1 Å². The third-order valence-corrected chi connectivity index (χ3v) is 3.85. The van der Waals surface area contributed by atoms with Crippen LogP contribution in [-0.4, -0.2) is 64.9 Å². The molecular formula is C15H23Cl2N5O. The monoisotopic (exact) mass is 359 g/mol. The number of aromatic nitrogens is 2. The first-order valence-electron chi connectivity index (χ1n) is 7.33. The van der Waals surface area contributed by atoms with Crippen LogP contribution < -0.4 is 5.32 Å². The minimum Gasteiger partial charge on any atom is -0.339 e. The highest BCUT2D eigenvalue weighted by molar-refractivity contribution is 5.85. The van der Waals surface area contributed by atoms with E-state index in [1.807, 2.05) is 33.7 Å². The maximum Gasteiger partial charge on any atom is 0.236 e. The van der Waals surface area contributed by atoms with Gasteiger partial charge in [-0.05, 0) is 19.2 Å². The highest BCUT2D eigenvalue weighted by Gasteiger charge is 2.20. The van der Waals surface area contributed by atoms with Gasteiger partial charge in [0.2, 0.25) is 5.91 Å².